The third-order valence-electron chi connectivity index (χ3n) is 4.59. The molecule has 5 nitrogen and oxygen atoms in total. The van der Waals surface area contributed by atoms with Crippen LogP contribution in [-0.2, 0) is 9.59 Å². The first-order valence-corrected chi connectivity index (χ1v) is 7.59. The molecule has 0 aliphatic carbocycles. The topological polar surface area (TPSA) is 61.4 Å². The smallest absolute Gasteiger partial charge is 0.241 e. The summed E-state index contributed by atoms with van der Waals surface area (Å²) < 4.78 is 0. The number of hydrogen-bond donors (Lipinski definition) is 2. The number of carbonyl (C=O) groups is 2. The molecule has 2 fully saturated rings. The zero-order chi connectivity index (χ0) is 14.8. The van der Waals surface area contributed by atoms with Gasteiger partial charge in [-0.15, -0.1) is 0 Å². The maximum Gasteiger partial charge on any atom is 0.241 e. The number of hydrogen-bond acceptors (Lipinski definition) is 3. The second-order valence-electron chi connectivity index (χ2n) is 7.24. The molecule has 2 aliphatic rings. The van der Waals surface area contributed by atoms with E-state index in [-0.39, 0.29) is 18.4 Å². The summed E-state index contributed by atoms with van der Waals surface area (Å²) in [6.07, 6.45) is 3.40. The van der Waals surface area contributed by atoms with Gasteiger partial charge in [-0.1, -0.05) is 20.8 Å². The number of piperidine rings is 1. The van der Waals surface area contributed by atoms with Gasteiger partial charge >= 0.3 is 0 Å². The minimum Gasteiger partial charge on any atom is -0.347 e. The SMILES string of the molecule is CC(C)(C)C(=O)NCC(=O)N1CCC2(CCNC2)CC1. The molecule has 5 heteroatoms. The fraction of sp³-hybridized carbons (Fsp3) is 0.867. The number of amides is 2. The zero-order valence-corrected chi connectivity index (χ0v) is 12.9. The molecule has 0 aromatic rings. The summed E-state index contributed by atoms with van der Waals surface area (Å²) in [7, 11) is 0. The molecule has 2 rings (SSSR count). The first-order chi connectivity index (χ1) is 9.32. The molecule has 0 saturated carbocycles. The van der Waals surface area contributed by atoms with E-state index in [0.717, 1.165) is 39.0 Å². The first-order valence-electron chi connectivity index (χ1n) is 7.59. The molecule has 0 atom stereocenters. The van der Waals surface area contributed by atoms with Crippen LogP contribution in [0.3, 0.4) is 0 Å². The van der Waals surface area contributed by atoms with Gasteiger partial charge in [0.25, 0.3) is 0 Å². The molecule has 0 bridgehead atoms. The number of likely N-dealkylation sites (tertiary alicyclic amines) is 1. The van der Waals surface area contributed by atoms with Crippen LogP contribution >= 0.6 is 0 Å². The summed E-state index contributed by atoms with van der Waals surface area (Å²) in [6, 6.07) is 0. The molecular weight excluding hydrogens is 254 g/mol. The molecule has 2 heterocycles. The van der Waals surface area contributed by atoms with Crippen molar-refractivity contribution in [1.82, 2.24) is 15.5 Å². The van der Waals surface area contributed by atoms with Gasteiger partial charge in [-0.2, -0.15) is 0 Å². The minimum absolute atomic E-state index is 0.0448. The Morgan fingerprint density at radius 1 is 1.20 bits per heavy atom. The van der Waals surface area contributed by atoms with Gasteiger partial charge in [0.1, 0.15) is 0 Å². The summed E-state index contributed by atoms with van der Waals surface area (Å²) in [5.74, 6) is -0.0253. The fourth-order valence-corrected chi connectivity index (χ4v) is 2.99. The lowest BCUT2D eigenvalue weighted by molar-refractivity contribution is -0.136. The van der Waals surface area contributed by atoms with E-state index in [4.69, 9.17) is 0 Å². The minimum atomic E-state index is -0.443. The van der Waals surface area contributed by atoms with Gasteiger partial charge in [0, 0.05) is 25.0 Å². The molecule has 2 amide bonds. The summed E-state index contributed by atoms with van der Waals surface area (Å²) in [5, 5.41) is 6.16. The maximum atomic E-state index is 12.1. The highest BCUT2D eigenvalue weighted by Crippen LogP contribution is 2.36. The summed E-state index contributed by atoms with van der Waals surface area (Å²) in [6.45, 7) is 9.53. The molecule has 0 aromatic heterocycles. The number of nitrogens with zero attached hydrogens (tertiary/aromatic N) is 1. The Balaban J connectivity index is 1.76. The predicted octanol–water partition coefficient (Wildman–Crippen LogP) is 0.751. The van der Waals surface area contributed by atoms with Crippen molar-refractivity contribution in [2.75, 3.05) is 32.7 Å². The Hall–Kier alpha value is -1.10. The summed E-state index contributed by atoms with van der Waals surface area (Å²) >= 11 is 0. The van der Waals surface area contributed by atoms with E-state index in [1.165, 1.54) is 6.42 Å². The second kappa shape index (κ2) is 5.72. The van der Waals surface area contributed by atoms with E-state index in [1.807, 2.05) is 25.7 Å². The molecule has 114 valence electrons. The molecule has 0 unspecified atom stereocenters. The van der Waals surface area contributed by atoms with Crippen molar-refractivity contribution in [1.29, 1.82) is 0 Å². The standard InChI is InChI=1S/C15H27N3O2/c1-14(2,3)13(20)17-10-12(19)18-8-5-15(6-9-18)4-7-16-11-15/h16H,4-11H2,1-3H3,(H,17,20). The van der Waals surface area contributed by atoms with Crippen LogP contribution in [-0.4, -0.2) is 49.4 Å². The van der Waals surface area contributed by atoms with E-state index in [1.54, 1.807) is 0 Å². The first kappa shape index (κ1) is 15.3. The second-order valence-corrected chi connectivity index (χ2v) is 7.24. The van der Waals surface area contributed by atoms with Crippen LogP contribution in [0.5, 0.6) is 0 Å². The molecular formula is C15H27N3O2. The lowest BCUT2D eigenvalue weighted by Crippen LogP contribution is -2.48. The Labute approximate surface area is 121 Å². The van der Waals surface area contributed by atoms with Crippen molar-refractivity contribution in [3.8, 4) is 0 Å². The molecule has 20 heavy (non-hydrogen) atoms. The van der Waals surface area contributed by atoms with Crippen LogP contribution in [0.15, 0.2) is 0 Å². The van der Waals surface area contributed by atoms with Gasteiger partial charge < -0.3 is 15.5 Å². The Morgan fingerprint density at radius 3 is 2.35 bits per heavy atom. The van der Waals surface area contributed by atoms with Crippen LogP contribution in [0.2, 0.25) is 0 Å². The fourth-order valence-electron chi connectivity index (χ4n) is 2.99. The Kier molecular flexibility index (Phi) is 4.37. The van der Waals surface area contributed by atoms with Gasteiger partial charge in [-0.3, -0.25) is 9.59 Å². The van der Waals surface area contributed by atoms with Crippen molar-refractivity contribution in [3.05, 3.63) is 0 Å². The van der Waals surface area contributed by atoms with Crippen LogP contribution in [0, 0.1) is 10.8 Å². The molecule has 1 spiro atoms. The predicted molar refractivity (Wildman–Crippen MR) is 78.2 cm³/mol. The van der Waals surface area contributed by atoms with Gasteiger partial charge in [0.2, 0.25) is 11.8 Å². The summed E-state index contributed by atoms with van der Waals surface area (Å²) in [5.41, 5.74) is -0.0206. The van der Waals surface area contributed by atoms with Crippen molar-refractivity contribution < 1.29 is 9.59 Å². The third-order valence-corrected chi connectivity index (χ3v) is 4.59. The summed E-state index contributed by atoms with van der Waals surface area (Å²) in [4.78, 5) is 25.8. The molecule has 2 aliphatic heterocycles. The van der Waals surface area contributed by atoms with Gasteiger partial charge in [-0.05, 0) is 31.2 Å². The number of carbonyl (C=O) groups excluding carboxylic acids is 2. The Morgan fingerprint density at radius 2 is 1.85 bits per heavy atom. The van der Waals surface area contributed by atoms with Gasteiger partial charge in [-0.25, -0.2) is 0 Å². The lowest BCUT2D eigenvalue weighted by atomic mass is 9.78. The van der Waals surface area contributed by atoms with Gasteiger partial charge in [0.05, 0.1) is 6.54 Å². The zero-order valence-electron chi connectivity index (χ0n) is 12.9. The van der Waals surface area contributed by atoms with Crippen molar-refractivity contribution >= 4 is 11.8 Å². The van der Waals surface area contributed by atoms with E-state index in [0.29, 0.717) is 5.41 Å². The quantitative estimate of drug-likeness (QED) is 0.785. The molecule has 2 N–H and O–H groups in total. The lowest BCUT2D eigenvalue weighted by Gasteiger charge is -2.39. The van der Waals surface area contributed by atoms with E-state index >= 15 is 0 Å². The van der Waals surface area contributed by atoms with E-state index in [2.05, 4.69) is 10.6 Å². The van der Waals surface area contributed by atoms with Crippen LogP contribution < -0.4 is 10.6 Å². The van der Waals surface area contributed by atoms with E-state index in [9.17, 15) is 9.59 Å². The molecule has 0 aromatic carbocycles. The van der Waals surface area contributed by atoms with Crippen molar-refractivity contribution in [3.63, 3.8) is 0 Å². The number of nitrogens with one attached hydrogen (secondary N) is 2. The molecule has 0 radical (unpaired) electrons. The Bertz CT molecular complexity index is 371. The van der Waals surface area contributed by atoms with Crippen LogP contribution in [0.1, 0.15) is 40.0 Å². The number of rotatable bonds is 2. The monoisotopic (exact) mass is 281 g/mol. The van der Waals surface area contributed by atoms with Crippen LogP contribution in [0.25, 0.3) is 0 Å². The average molecular weight is 281 g/mol. The highest BCUT2D eigenvalue weighted by Gasteiger charge is 2.38. The highest BCUT2D eigenvalue weighted by atomic mass is 16.2. The molecule has 2 saturated heterocycles. The van der Waals surface area contributed by atoms with Crippen molar-refractivity contribution in [2.45, 2.75) is 40.0 Å². The van der Waals surface area contributed by atoms with Crippen LogP contribution in [0.4, 0.5) is 0 Å². The highest BCUT2D eigenvalue weighted by molar-refractivity contribution is 5.87. The third kappa shape index (κ3) is 3.51. The van der Waals surface area contributed by atoms with Crippen molar-refractivity contribution in [2.24, 2.45) is 10.8 Å². The van der Waals surface area contributed by atoms with E-state index < -0.39 is 5.41 Å². The van der Waals surface area contributed by atoms with Gasteiger partial charge in [0.15, 0.2) is 0 Å². The normalized spacial score (nSPS) is 22.1. The maximum absolute atomic E-state index is 12.1. The average Bonchev–Trinajstić information content (AvgIpc) is 2.83. The largest absolute Gasteiger partial charge is 0.347 e.